The molecule has 0 radical (unpaired) electrons. The van der Waals surface area contributed by atoms with E-state index in [4.69, 9.17) is 16.7 Å². The quantitative estimate of drug-likeness (QED) is 0.812. The average Bonchev–Trinajstić information content (AvgIpc) is 2.85. The molecule has 0 bridgehead atoms. The van der Waals surface area contributed by atoms with Gasteiger partial charge in [0.15, 0.2) is 0 Å². The molecule has 0 aliphatic rings. The lowest BCUT2D eigenvalue weighted by Gasteiger charge is -2.14. The van der Waals surface area contributed by atoms with Crippen LogP contribution in [0.1, 0.15) is 6.42 Å². The van der Waals surface area contributed by atoms with Crippen molar-refractivity contribution < 1.29 is 14.7 Å². The molecule has 1 amide bonds. The van der Waals surface area contributed by atoms with Gasteiger partial charge in [-0.1, -0.05) is 17.7 Å². The van der Waals surface area contributed by atoms with Crippen LogP contribution in [0.5, 0.6) is 0 Å². The maximum atomic E-state index is 12.1. The standard InChI is InChI=1S/C15H17ClN2O3S/c1-22-7-5-12(15(20)21)17-14(19)9-18-6-4-10-2-3-11(16)8-13(10)18/h2-4,6,8,12H,5,7,9H2,1H3,(H,17,19)(H,20,21). The number of fused-ring (bicyclic) bond motifs is 1. The highest BCUT2D eigenvalue weighted by Gasteiger charge is 2.19. The van der Waals surface area contributed by atoms with Crippen LogP contribution in [0.2, 0.25) is 5.02 Å². The molecule has 0 aliphatic carbocycles. The Balaban J connectivity index is 2.06. The molecule has 7 heteroatoms. The lowest BCUT2D eigenvalue weighted by atomic mass is 10.2. The normalized spacial score (nSPS) is 12.3. The minimum atomic E-state index is -1.01. The molecular formula is C15H17ClN2O3S. The molecule has 2 aromatic rings. The molecule has 1 heterocycles. The minimum absolute atomic E-state index is 0.0624. The predicted octanol–water partition coefficient (Wildman–Crippen LogP) is 2.62. The van der Waals surface area contributed by atoms with Crippen LogP contribution >= 0.6 is 23.4 Å². The fourth-order valence-electron chi connectivity index (χ4n) is 2.18. The largest absolute Gasteiger partial charge is 0.480 e. The van der Waals surface area contributed by atoms with Gasteiger partial charge in [0.25, 0.3) is 0 Å². The Morgan fingerprint density at radius 1 is 1.41 bits per heavy atom. The van der Waals surface area contributed by atoms with E-state index in [0.29, 0.717) is 17.2 Å². The summed E-state index contributed by atoms with van der Waals surface area (Å²) in [6, 6.07) is 6.49. The van der Waals surface area contributed by atoms with Crippen molar-refractivity contribution in [3.05, 3.63) is 35.5 Å². The van der Waals surface area contributed by atoms with Crippen molar-refractivity contribution in [1.29, 1.82) is 0 Å². The van der Waals surface area contributed by atoms with Gasteiger partial charge in [0.1, 0.15) is 12.6 Å². The van der Waals surface area contributed by atoms with Gasteiger partial charge in [-0.05, 0) is 42.0 Å². The molecule has 0 saturated heterocycles. The molecule has 0 fully saturated rings. The topological polar surface area (TPSA) is 71.3 Å². The van der Waals surface area contributed by atoms with Gasteiger partial charge in [-0.2, -0.15) is 11.8 Å². The Bertz CT molecular complexity index is 686. The van der Waals surface area contributed by atoms with Gasteiger partial charge in [0.05, 0.1) is 0 Å². The van der Waals surface area contributed by atoms with Crippen molar-refractivity contribution in [3.63, 3.8) is 0 Å². The maximum absolute atomic E-state index is 12.1. The molecule has 5 nitrogen and oxygen atoms in total. The summed E-state index contributed by atoms with van der Waals surface area (Å²) in [5, 5.41) is 13.3. The number of halogens is 1. The van der Waals surface area contributed by atoms with E-state index in [1.807, 2.05) is 18.4 Å². The van der Waals surface area contributed by atoms with Crippen LogP contribution in [0, 0.1) is 0 Å². The highest BCUT2D eigenvalue weighted by molar-refractivity contribution is 7.98. The van der Waals surface area contributed by atoms with Crippen LogP contribution in [-0.2, 0) is 16.1 Å². The lowest BCUT2D eigenvalue weighted by molar-refractivity contribution is -0.141. The van der Waals surface area contributed by atoms with E-state index in [2.05, 4.69) is 5.32 Å². The molecule has 2 N–H and O–H groups in total. The number of thioether (sulfide) groups is 1. The third kappa shape index (κ3) is 4.18. The molecule has 2 rings (SSSR count). The van der Waals surface area contributed by atoms with E-state index < -0.39 is 12.0 Å². The number of nitrogens with one attached hydrogen (secondary N) is 1. The second kappa shape index (κ2) is 7.56. The van der Waals surface area contributed by atoms with Crippen molar-refractivity contribution in [1.82, 2.24) is 9.88 Å². The first-order chi connectivity index (χ1) is 10.5. The van der Waals surface area contributed by atoms with Gasteiger partial charge in [0, 0.05) is 16.7 Å². The van der Waals surface area contributed by atoms with E-state index in [-0.39, 0.29) is 12.5 Å². The number of nitrogens with zero attached hydrogens (tertiary/aromatic N) is 1. The first-order valence-electron chi connectivity index (χ1n) is 6.76. The van der Waals surface area contributed by atoms with Crippen molar-refractivity contribution in [2.45, 2.75) is 19.0 Å². The van der Waals surface area contributed by atoms with Crippen LogP contribution in [0.4, 0.5) is 0 Å². The highest BCUT2D eigenvalue weighted by atomic mass is 35.5. The number of aliphatic carboxylic acids is 1. The third-order valence-electron chi connectivity index (χ3n) is 3.29. The van der Waals surface area contributed by atoms with Crippen molar-refractivity contribution in [3.8, 4) is 0 Å². The van der Waals surface area contributed by atoms with Gasteiger partial charge in [-0.25, -0.2) is 4.79 Å². The van der Waals surface area contributed by atoms with E-state index in [1.165, 1.54) is 0 Å². The number of rotatable bonds is 7. The molecule has 1 aromatic carbocycles. The monoisotopic (exact) mass is 340 g/mol. The van der Waals surface area contributed by atoms with Gasteiger partial charge in [0.2, 0.25) is 5.91 Å². The van der Waals surface area contributed by atoms with Crippen molar-refractivity contribution in [2.24, 2.45) is 0 Å². The van der Waals surface area contributed by atoms with E-state index in [0.717, 1.165) is 10.9 Å². The Morgan fingerprint density at radius 3 is 2.86 bits per heavy atom. The summed E-state index contributed by atoms with van der Waals surface area (Å²) < 4.78 is 1.75. The zero-order valence-corrected chi connectivity index (χ0v) is 13.7. The van der Waals surface area contributed by atoms with E-state index >= 15 is 0 Å². The number of carboxylic acid groups (broad SMARTS) is 1. The summed E-state index contributed by atoms with van der Waals surface area (Å²) >= 11 is 7.52. The van der Waals surface area contributed by atoms with Crippen molar-refractivity contribution in [2.75, 3.05) is 12.0 Å². The Labute approximate surface area is 137 Å². The molecule has 0 saturated carbocycles. The number of carbonyl (C=O) groups excluding carboxylic acids is 1. The molecule has 0 spiro atoms. The van der Waals surface area contributed by atoms with Crippen molar-refractivity contribution >= 4 is 46.1 Å². The number of carbonyl (C=O) groups is 2. The van der Waals surface area contributed by atoms with Gasteiger partial charge < -0.3 is 15.0 Å². The second-order valence-corrected chi connectivity index (χ2v) is 6.31. The van der Waals surface area contributed by atoms with Gasteiger partial charge in [-0.3, -0.25) is 4.79 Å². The smallest absolute Gasteiger partial charge is 0.326 e. The summed E-state index contributed by atoms with van der Waals surface area (Å²) in [7, 11) is 0. The van der Waals surface area contributed by atoms with E-state index in [9.17, 15) is 9.59 Å². The first-order valence-corrected chi connectivity index (χ1v) is 8.54. The molecule has 1 unspecified atom stereocenters. The number of hydrogen-bond donors (Lipinski definition) is 2. The average molecular weight is 341 g/mol. The Morgan fingerprint density at radius 2 is 2.18 bits per heavy atom. The van der Waals surface area contributed by atoms with Crippen LogP contribution < -0.4 is 5.32 Å². The molecular weight excluding hydrogens is 324 g/mol. The predicted molar refractivity (Wildman–Crippen MR) is 89.5 cm³/mol. The zero-order valence-electron chi connectivity index (χ0n) is 12.1. The third-order valence-corrected chi connectivity index (χ3v) is 4.17. The maximum Gasteiger partial charge on any atom is 0.326 e. The molecule has 22 heavy (non-hydrogen) atoms. The zero-order chi connectivity index (χ0) is 16.1. The minimum Gasteiger partial charge on any atom is -0.480 e. The molecule has 0 aliphatic heterocycles. The summed E-state index contributed by atoms with van der Waals surface area (Å²) in [6.07, 6.45) is 4.09. The first kappa shape index (κ1) is 16.7. The Kier molecular flexibility index (Phi) is 5.74. The lowest BCUT2D eigenvalue weighted by Crippen LogP contribution is -2.42. The van der Waals surface area contributed by atoms with Crippen LogP contribution in [0.3, 0.4) is 0 Å². The van der Waals surface area contributed by atoms with Gasteiger partial charge in [-0.15, -0.1) is 0 Å². The number of amides is 1. The highest BCUT2D eigenvalue weighted by Crippen LogP contribution is 2.20. The fourth-order valence-corrected chi connectivity index (χ4v) is 2.82. The van der Waals surface area contributed by atoms with Crippen LogP contribution in [-0.4, -0.2) is 39.6 Å². The fraction of sp³-hybridized carbons (Fsp3) is 0.333. The molecule has 1 aromatic heterocycles. The molecule has 1 atom stereocenters. The van der Waals surface area contributed by atoms with Gasteiger partial charge >= 0.3 is 5.97 Å². The SMILES string of the molecule is CSCCC(NC(=O)Cn1ccc2ccc(Cl)cc21)C(=O)O. The van der Waals surface area contributed by atoms with Crippen LogP contribution in [0.15, 0.2) is 30.5 Å². The van der Waals surface area contributed by atoms with E-state index in [1.54, 1.807) is 34.7 Å². The number of aromatic nitrogens is 1. The molecule has 118 valence electrons. The number of carboxylic acids is 1. The number of hydrogen-bond acceptors (Lipinski definition) is 3. The summed E-state index contributed by atoms with van der Waals surface area (Å²) in [4.78, 5) is 23.2. The second-order valence-electron chi connectivity index (χ2n) is 4.89. The number of benzene rings is 1. The van der Waals surface area contributed by atoms with Crippen LogP contribution in [0.25, 0.3) is 10.9 Å². The summed E-state index contributed by atoms with van der Waals surface area (Å²) in [5.74, 6) is -0.659. The Hall–Kier alpha value is -1.66. The summed E-state index contributed by atoms with van der Waals surface area (Å²) in [6.45, 7) is 0.0624. The summed E-state index contributed by atoms with van der Waals surface area (Å²) in [5.41, 5.74) is 0.846.